The van der Waals surface area contributed by atoms with E-state index in [1.807, 2.05) is 33.0 Å². The van der Waals surface area contributed by atoms with Gasteiger partial charge in [0.1, 0.15) is 17.4 Å². The van der Waals surface area contributed by atoms with Crippen molar-refractivity contribution in [1.82, 2.24) is 15.0 Å². The molecule has 0 unspecified atom stereocenters. The van der Waals surface area contributed by atoms with Crippen LogP contribution >= 0.6 is 0 Å². The molecule has 1 fully saturated rings. The summed E-state index contributed by atoms with van der Waals surface area (Å²) in [6.07, 6.45) is 4.04. The number of rotatable bonds is 4. The van der Waals surface area contributed by atoms with E-state index in [9.17, 15) is 0 Å². The Morgan fingerprint density at radius 2 is 2.00 bits per heavy atom. The molecule has 0 saturated heterocycles. The maximum Gasteiger partial charge on any atom is 0.227 e. The number of pyridine rings is 1. The highest BCUT2D eigenvalue weighted by molar-refractivity contribution is 5.49. The number of nitrogens with one attached hydrogen (secondary N) is 1. The van der Waals surface area contributed by atoms with E-state index in [0.29, 0.717) is 17.5 Å². The van der Waals surface area contributed by atoms with E-state index in [-0.39, 0.29) is 0 Å². The van der Waals surface area contributed by atoms with Gasteiger partial charge in [-0.05, 0) is 38.8 Å². The Morgan fingerprint density at radius 1 is 1.20 bits per heavy atom. The molecule has 0 amide bonds. The van der Waals surface area contributed by atoms with Crippen LogP contribution in [-0.2, 0) is 0 Å². The third kappa shape index (κ3) is 2.57. The molecule has 2 aromatic rings. The number of nitrogens with zero attached hydrogens (tertiary/aromatic N) is 3. The Kier molecular flexibility index (Phi) is 3.26. The van der Waals surface area contributed by atoms with Crippen LogP contribution in [0.4, 0.5) is 5.82 Å². The largest absolute Gasteiger partial charge is 0.437 e. The van der Waals surface area contributed by atoms with Gasteiger partial charge in [-0.3, -0.25) is 4.98 Å². The van der Waals surface area contributed by atoms with Crippen LogP contribution in [0, 0.1) is 13.8 Å². The van der Waals surface area contributed by atoms with Crippen molar-refractivity contribution >= 4 is 5.82 Å². The molecule has 3 rings (SSSR count). The lowest BCUT2D eigenvalue weighted by molar-refractivity contribution is 0.452. The number of anilines is 1. The summed E-state index contributed by atoms with van der Waals surface area (Å²) in [6.45, 7) is 3.91. The monoisotopic (exact) mass is 270 g/mol. The second kappa shape index (κ2) is 5.07. The van der Waals surface area contributed by atoms with Gasteiger partial charge in [-0.15, -0.1) is 0 Å². The van der Waals surface area contributed by atoms with Crippen LogP contribution in [0.25, 0.3) is 0 Å². The Morgan fingerprint density at radius 3 is 2.60 bits per heavy atom. The van der Waals surface area contributed by atoms with Crippen molar-refractivity contribution in [3.05, 3.63) is 35.4 Å². The summed E-state index contributed by atoms with van der Waals surface area (Å²) in [7, 11) is 1.86. The molecule has 0 atom stereocenters. The molecule has 2 aromatic heterocycles. The zero-order valence-corrected chi connectivity index (χ0v) is 12.0. The molecule has 1 saturated carbocycles. The van der Waals surface area contributed by atoms with Crippen LogP contribution in [-0.4, -0.2) is 22.0 Å². The number of aryl methyl sites for hydroxylation is 1. The number of hydrogen-bond acceptors (Lipinski definition) is 5. The van der Waals surface area contributed by atoms with E-state index >= 15 is 0 Å². The van der Waals surface area contributed by atoms with E-state index in [4.69, 9.17) is 4.74 Å². The van der Waals surface area contributed by atoms with Crippen LogP contribution in [0.3, 0.4) is 0 Å². The van der Waals surface area contributed by atoms with Gasteiger partial charge in [0.25, 0.3) is 0 Å². The third-order valence-electron chi connectivity index (χ3n) is 3.40. The lowest BCUT2D eigenvalue weighted by atomic mass is 10.3. The number of hydrogen-bond donors (Lipinski definition) is 1. The first kappa shape index (κ1) is 12.8. The molecule has 0 aliphatic heterocycles. The van der Waals surface area contributed by atoms with Gasteiger partial charge >= 0.3 is 0 Å². The Labute approximate surface area is 118 Å². The smallest absolute Gasteiger partial charge is 0.227 e. The lowest BCUT2D eigenvalue weighted by Gasteiger charge is -2.12. The molecule has 0 aromatic carbocycles. The molecule has 2 heterocycles. The lowest BCUT2D eigenvalue weighted by Crippen LogP contribution is -2.04. The van der Waals surface area contributed by atoms with Gasteiger partial charge in [0.15, 0.2) is 0 Å². The van der Waals surface area contributed by atoms with Crippen LogP contribution < -0.4 is 10.1 Å². The first-order chi connectivity index (χ1) is 9.67. The normalized spacial score (nSPS) is 14.2. The minimum absolute atomic E-state index is 0.487. The first-order valence-electron chi connectivity index (χ1n) is 6.84. The Bertz CT molecular complexity index is 621. The average molecular weight is 270 g/mol. The summed E-state index contributed by atoms with van der Waals surface area (Å²) in [6, 6.07) is 3.83. The molecule has 1 N–H and O–H groups in total. The van der Waals surface area contributed by atoms with E-state index in [1.165, 1.54) is 0 Å². The summed E-state index contributed by atoms with van der Waals surface area (Å²) >= 11 is 0. The molecule has 0 radical (unpaired) electrons. The van der Waals surface area contributed by atoms with Crippen molar-refractivity contribution in [2.24, 2.45) is 0 Å². The molecule has 5 heteroatoms. The fourth-order valence-electron chi connectivity index (χ4n) is 2.01. The predicted octanol–water partition coefficient (Wildman–Crippen LogP) is 3.20. The SMILES string of the molecule is CNc1nc(C2CC2)nc(Oc2ccc(C)nc2)c1C. The summed E-state index contributed by atoms with van der Waals surface area (Å²) in [5.41, 5.74) is 1.88. The van der Waals surface area contributed by atoms with Gasteiger partial charge in [0, 0.05) is 18.7 Å². The minimum Gasteiger partial charge on any atom is -0.437 e. The standard InChI is InChI=1S/C15H18N4O/c1-9-4-7-12(8-17-9)20-15-10(2)13(16-3)18-14(19-15)11-5-6-11/h4,7-8,11H,5-6H2,1-3H3,(H,16,18,19). The fourth-order valence-corrected chi connectivity index (χ4v) is 2.01. The second-order valence-electron chi connectivity index (χ2n) is 5.12. The van der Waals surface area contributed by atoms with Crippen molar-refractivity contribution in [3.8, 4) is 11.6 Å². The maximum absolute atomic E-state index is 5.87. The van der Waals surface area contributed by atoms with Gasteiger partial charge in [-0.2, -0.15) is 4.98 Å². The molecule has 1 aliphatic rings. The van der Waals surface area contributed by atoms with E-state index in [1.54, 1.807) is 6.20 Å². The van der Waals surface area contributed by atoms with Gasteiger partial charge < -0.3 is 10.1 Å². The van der Waals surface area contributed by atoms with Crippen molar-refractivity contribution in [2.45, 2.75) is 32.6 Å². The quantitative estimate of drug-likeness (QED) is 0.924. The summed E-state index contributed by atoms with van der Waals surface area (Å²) in [5.74, 6) is 3.49. The third-order valence-corrected chi connectivity index (χ3v) is 3.40. The van der Waals surface area contributed by atoms with Crippen molar-refractivity contribution in [2.75, 3.05) is 12.4 Å². The van der Waals surface area contributed by atoms with Gasteiger partial charge in [0.2, 0.25) is 5.88 Å². The van der Waals surface area contributed by atoms with Crippen LogP contribution in [0.5, 0.6) is 11.6 Å². The summed E-state index contributed by atoms with van der Waals surface area (Å²) < 4.78 is 5.87. The maximum atomic E-state index is 5.87. The summed E-state index contributed by atoms with van der Waals surface area (Å²) in [5, 5.41) is 3.11. The molecule has 5 nitrogen and oxygen atoms in total. The number of ether oxygens (including phenoxy) is 1. The molecule has 0 spiro atoms. The molecule has 1 aliphatic carbocycles. The van der Waals surface area contributed by atoms with E-state index < -0.39 is 0 Å². The van der Waals surface area contributed by atoms with Crippen molar-refractivity contribution in [1.29, 1.82) is 0 Å². The highest BCUT2D eigenvalue weighted by atomic mass is 16.5. The summed E-state index contributed by atoms with van der Waals surface area (Å²) in [4.78, 5) is 13.3. The number of aromatic nitrogens is 3. The van der Waals surface area contributed by atoms with Crippen LogP contribution in [0.15, 0.2) is 18.3 Å². The average Bonchev–Trinajstić information content (AvgIpc) is 3.28. The Hall–Kier alpha value is -2.17. The second-order valence-corrected chi connectivity index (χ2v) is 5.12. The highest BCUT2D eigenvalue weighted by Gasteiger charge is 2.28. The van der Waals surface area contributed by atoms with Gasteiger partial charge in [-0.25, -0.2) is 4.98 Å². The van der Waals surface area contributed by atoms with Gasteiger partial charge in [0.05, 0.1) is 11.8 Å². The zero-order valence-electron chi connectivity index (χ0n) is 12.0. The fraction of sp³-hybridized carbons (Fsp3) is 0.400. The molecule has 20 heavy (non-hydrogen) atoms. The molecule has 104 valence electrons. The van der Waals surface area contributed by atoms with Crippen molar-refractivity contribution in [3.63, 3.8) is 0 Å². The van der Waals surface area contributed by atoms with Crippen molar-refractivity contribution < 1.29 is 4.74 Å². The van der Waals surface area contributed by atoms with E-state index in [0.717, 1.165) is 35.7 Å². The molecule has 0 bridgehead atoms. The minimum atomic E-state index is 0.487. The zero-order chi connectivity index (χ0) is 14.1. The topological polar surface area (TPSA) is 59.9 Å². The van der Waals surface area contributed by atoms with Gasteiger partial charge in [-0.1, -0.05) is 0 Å². The first-order valence-corrected chi connectivity index (χ1v) is 6.84. The molecular formula is C15H18N4O. The highest BCUT2D eigenvalue weighted by Crippen LogP contribution is 2.40. The van der Waals surface area contributed by atoms with Crippen LogP contribution in [0.2, 0.25) is 0 Å². The molecular weight excluding hydrogens is 252 g/mol. The van der Waals surface area contributed by atoms with Crippen LogP contribution in [0.1, 0.15) is 35.8 Å². The Balaban J connectivity index is 1.94. The predicted molar refractivity (Wildman–Crippen MR) is 77.3 cm³/mol. The van der Waals surface area contributed by atoms with E-state index in [2.05, 4.69) is 20.3 Å².